The van der Waals surface area contributed by atoms with Gasteiger partial charge in [-0.25, -0.2) is 9.48 Å². The minimum absolute atomic E-state index is 0.0394. The van der Waals surface area contributed by atoms with Crippen molar-refractivity contribution in [2.45, 2.75) is 64.4 Å². The number of carbonyl (C=O) groups is 2. The Labute approximate surface area is 200 Å². The number of benzene rings is 1. The summed E-state index contributed by atoms with van der Waals surface area (Å²) in [5.74, 6) is 0.128. The topological polar surface area (TPSA) is 67.7 Å². The van der Waals surface area contributed by atoms with Gasteiger partial charge in [-0.15, -0.1) is 0 Å². The van der Waals surface area contributed by atoms with E-state index in [0.717, 1.165) is 50.2 Å². The minimum atomic E-state index is -0.523. The number of halogens is 1. The lowest BCUT2D eigenvalue weighted by Gasteiger charge is -2.34. The summed E-state index contributed by atoms with van der Waals surface area (Å²) in [6, 6.07) is 7.56. The zero-order valence-electron chi connectivity index (χ0n) is 19.7. The van der Waals surface area contributed by atoms with Crippen LogP contribution in [0.4, 0.5) is 4.79 Å². The first-order chi connectivity index (χ1) is 15.7. The number of aromatic nitrogens is 2. The van der Waals surface area contributed by atoms with Crippen molar-refractivity contribution >= 4 is 23.6 Å². The van der Waals surface area contributed by atoms with E-state index in [1.165, 1.54) is 6.42 Å². The standard InChI is InChI=1S/C25H33ClN4O3/c1-25(2,3)33-24(32)29-15-11-18(12-16-29)22-19(23(31)28-13-7-4-8-14-28)17-27-30(22)21-10-6-5-9-20(21)26/h5-6,9-10,17-18H,4,7-8,11-16H2,1-3H3. The van der Waals surface area contributed by atoms with Crippen LogP contribution in [-0.2, 0) is 4.74 Å². The van der Waals surface area contributed by atoms with Crippen molar-refractivity contribution in [3.8, 4) is 5.69 Å². The van der Waals surface area contributed by atoms with Crippen molar-refractivity contribution in [2.24, 2.45) is 0 Å². The lowest BCUT2D eigenvalue weighted by molar-refractivity contribution is 0.0203. The first-order valence-corrected chi connectivity index (χ1v) is 12.2. The second kappa shape index (κ2) is 9.75. The maximum absolute atomic E-state index is 13.5. The Morgan fingerprint density at radius 3 is 2.30 bits per heavy atom. The van der Waals surface area contributed by atoms with Gasteiger partial charge < -0.3 is 14.5 Å². The molecule has 0 atom stereocenters. The number of amides is 2. The average molecular weight is 473 g/mol. The zero-order valence-corrected chi connectivity index (χ0v) is 20.5. The molecule has 2 aliphatic heterocycles. The molecule has 2 fully saturated rings. The van der Waals surface area contributed by atoms with Gasteiger partial charge >= 0.3 is 6.09 Å². The maximum Gasteiger partial charge on any atom is 0.410 e. The highest BCUT2D eigenvalue weighted by Crippen LogP contribution is 2.35. The largest absolute Gasteiger partial charge is 0.444 e. The van der Waals surface area contributed by atoms with E-state index in [-0.39, 0.29) is 17.9 Å². The predicted molar refractivity (Wildman–Crippen MR) is 128 cm³/mol. The van der Waals surface area contributed by atoms with Gasteiger partial charge in [0.1, 0.15) is 5.60 Å². The monoisotopic (exact) mass is 472 g/mol. The molecule has 0 N–H and O–H groups in total. The van der Waals surface area contributed by atoms with Crippen LogP contribution in [-0.4, -0.2) is 63.4 Å². The fraction of sp³-hybridized carbons (Fsp3) is 0.560. The molecule has 2 saturated heterocycles. The smallest absolute Gasteiger partial charge is 0.410 e. The van der Waals surface area contributed by atoms with Gasteiger partial charge in [-0.3, -0.25) is 4.79 Å². The summed E-state index contributed by atoms with van der Waals surface area (Å²) in [6.07, 6.45) is 6.10. The molecule has 3 heterocycles. The van der Waals surface area contributed by atoms with Gasteiger partial charge in [0.25, 0.3) is 5.91 Å². The molecule has 0 bridgehead atoms. The van der Waals surface area contributed by atoms with E-state index in [4.69, 9.17) is 16.3 Å². The summed E-state index contributed by atoms with van der Waals surface area (Å²) < 4.78 is 7.37. The molecule has 2 aliphatic rings. The number of hydrogen-bond acceptors (Lipinski definition) is 4. The molecule has 0 saturated carbocycles. The van der Waals surface area contributed by atoms with Crippen LogP contribution in [0.1, 0.15) is 74.8 Å². The molecule has 178 valence electrons. The minimum Gasteiger partial charge on any atom is -0.444 e. The normalized spacial score (nSPS) is 17.8. The highest BCUT2D eigenvalue weighted by Gasteiger charge is 2.33. The molecule has 7 nitrogen and oxygen atoms in total. The molecule has 2 aromatic rings. The quantitative estimate of drug-likeness (QED) is 0.610. The number of rotatable bonds is 3. The van der Waals surface area contributed by atoms with E-state index in [9.17, 15) is 9.59 Å². The Kier molecular flexibility index (Phi) is 6.98. The van der Waals surface area contributed by atoms with Crippen LogP contribution in [0.15, 0.2) is 30.5 Å². The summed E-state index contributed by atoms with van der Waals surface area (Å²) in [5, 5.41) is 5.21. The molecule has 0 spiro atoms. The molecule has 33 heavy (non-hydrogen) atoms. The highest BCUT2D eigenvalue weighted by atomic mass is 35.5. The van der Waals surface area contributed by atoms with Crippen LogP contribution in [0.2, 0.25) is 5.02 Å². The van der Waals surface area contributed by atoms with Gasteiger partial charge in [-0.1, -0.05) is 23.7 Å². The molecular formula is C25H33ClN4O3. The highest BCUT2D eigenvalue weighted by molar-refractivity contribution is 6.32. The van der Waals surface area contributed by atoms with Crippen LogP contribution < -0.4 is 0 Å². The van der Waals surface area contributed by atoms with Gasteiger partial charge in [-0.2, -0.15) is 5.10 Å². The Bertz CT molecular complexity index is 999. The van der Waals surface area contributed by atoms with Gasteiger partial charge in [0.05, 0.1) is 28.2 Å². The predicted octanol–water partition coefficient (Wildman–Crippen LogP) is 5.27. The van der Waals surface area contributed by atoms with Crippen molar-refractivity contribution in [3.05, 3.63) is 46.7 Å². The van der Waals surface area contributed by atoms with Crippen LogP contribution in [0, 0.1) is 0 Å². The summed E-state index contributed by atoms with van der Waals surface area (Å²) >= 11 is 6.51. The van der Waals surface area contributed by atoms with Crippen molar-refractivity contribution in [3.63, 3.8) is 0 Å². The first kappa shape index (κ1) is 23.6. The number of likely N-dealkylation sites (tertiary alicyclic amines) is 2. The summed E-state index contributed by atoms with van der Waals surface area (Å²) in [4.78, 5) is 29.7. The lowest BCUT2D eigenvalue weighted by atomic mass is 9.90. The average Bonchev–Trinajstić information content (AvgIpc) is 3.23. The van der Waals surface area contributed by atoms with Gasteiger partial charge in [0.2, 0.25) is 0 Å². The molecule has 8 heteroatoms. The van der Waals surface area contributed by atoms with E-state index in [0.29, 0.717) is 23.7 Å². The molecule has 0 unspecified atom stereocenters. The van der Waals surface area contributed by atoms with Crippen molar-refractivity contribution in [1.29, 1.82) is 0 Å². The Balaban J connectivity index is 1.62. The van der Waals surface area contributed by atoms with Crippen molar-refractivity contribution in [1.82, 2.24) is 19.6 Å². The number of para-hydroxylation sites is 1. The molecule has 1 aromatic carbocycles. The fourth-order valence-electron chi connectivity index (χ4n) is 4.66. The number of nitrogens with zero attached hydrogens (tertiary/aromatic N) is 4. The second-order valence-electron chi connectivity index (χ2n) is 9.90. The lowest BCUT2D eigenvalue weighted by Crippen LogP contribution is -2.42. The number of hydrogen-bond donors (Lipinski definition) is 0. The third-order valence-electron chi connectivity index (χ3n) is 6.29. The van der Waals surface area contributed by atoms with Crippen LogP contribution >= 0.6 is 11.6 Å². The molecular weight excluding hydrogens is 440 g/mol. The van der Waals surface area contributed by atoms with Crippen molar-refractivity contribution < 1.29 is 14.3 Å². The number of carbonyl (C=O) groups excluding carboxylic acids is 2. The second-order valence-corrected chi connectivity index (χ2v) is 10.3. The molecule has 4 rings (SSSR count). The summed E-state index contributed by atoms with van der Waals surface area (Å²) in [6.45, 7) is 8.34. The molecule has 1 aromatic heterocycles. The van der Waals surface area contributed by atoms with E-state index < -0.39 is 5.60 Å². The SMILES string of the molecule is CC(C)(C)OC(=O)N1CCC(c2c(C(=O)N3CCCCC3)cnn2-c2ccccc2Cl)CC1. The zero-order chi connectivity index (χ0) is 23.6. The number of piperidine rings is 2. The Morgan fingerprint density at radius 1 is 1.00 bits per heavy atom. The molecule has 0 radical (unpaired) electrons. The Morgan fingerprint density at radius 2 is 1.67 bits per heavy atom. The van der Waals surface area contributed by atoms with Crippen LogP contribution in [0.25, 0.3) is 5.69 Å². The van der Waals surface area contributed by atoms with E-state index >= 15 is 0 Å². The summed E-state index contributed by atoms with van der Waals surface area (Å²) in [5.41, 5.74) is 1.78. The first-order valence-electron chi connectivity index (χ1n) is 11.8. The van der Waals surface area contributed by atoms with E-state index in [2.05, 4.69) is 5.10 Å². The van der Waals surface area contributed by atoms with Gasteiger partial charge in [0.15, 0.2) is 0 Å². The maximum atomic E-state index is 13.5. The number of ether oxygens (including phenoxy) is 1. The summed E-state index contributed by atoms with van der Waals surface area (Å²) in [7, 11) is 0. The van der Waals surface area contributed by atoms with Gasteiger partial charge in [0, 0.05) is 32.1 Å². The van der Waals surface area contributed by atoms with Gasteiger partial charge in [-0.05, 0) is 65.0 Å². The van der Waals surface area contributed by atoms with E-state index in [1.807, 2.05) is 54.6 Å². The van der Waals surface area contributed by atoms with Crippen LogP contribution in [0.5, 0.6) is 0 Å². The molecule has 0 aliphatic carbocycles. The fourth-order valence-corrected chi connectivity index (χ4v) is 4.88. The third kappa shape index (κ3) is 5.35. The molecule has 2 amide bonds. The van der Waals surface area contributed by atoms with E-state index in [1.54, 1.807) is 11.1 Å². The third-order valence-corrected chi connectivity index (χ3v) is 6.61. The van der Waals surface area contributed by atoms with Crippen molar-refractivity contribution in [2.75, 3.05) is 26.2 Å². The Hall–Kier alpha value is -2.54. The van der Waals surface area contributed by atoms with Crippen LogP contribution in [0.3, 0.4) is 0 Å².